The third-order valence-electron chi connectivity index (χ3n) is 7.61. The molecule has 2 aromatic carbocycles. The number of likely N-dealkylation sites (tertiary alicyclic amines) is 1. The predicted octanol–water partition coefficient (Wildman–Crippen LogP) is 4.28. The molecule has 1 amide bonds. The highest BCUT2D eigenvalue weighted by atomic mass is 16.5. The number of hydrogen-bond donors (Lipinski definition) is 1. The van der Waals surface area contributed by atoms with Crippen molar-refractivity contribution in [2.24, 2.45) is 0 Å². The molecule has 1 fully saturated rings. The van der Waals surface area contributed by atoms with Crippen LogP contribution in [0.5, 0.6) is 11.6 Å². The number of hydrogen-bond acceptors (Lipinski definition) is 6. The molecule has 4 aromatic rings. The van der Waals surface area contributed by atoms with E-state index in [1.54, 1.807) is 14.0 Å². The number of piperidine rings is 1. The van der Waals surface area contributed by atoms with Gasteiger partial charge in [-0.05, 0) is 44.7 Å². The van der Waals surface area contributed by atoms with Gasteiger partial charge in [0.15, 0.2) is 5.65 Å². The van der Waals surface area contributed by atoms with Crippen molar-refractivity contribution >= 4 is 11.6 Å². The number of rotatable bonds is 5. The highest BCUT2D eigenvalue weighted by Crippen LogP contribution is 2.42. The zero-order valence-corrected chi connectivity index (χ0v) is 22.4. The van der Waals surface area contributed by atoms with Gasteiger partial charge in [-0.15, -0.1) is 5.10 Å². The van der Waals surface area contributed by atoms with Gasteiger partial charge in [-0.1, -0.05) is 48.4 Å². The highest BCUT2D eigenvalue weighted by molar-refractivity contribution is 5.93. The van der Waals surface area contributed by atoms with Gasteiger partial charge < -0.3 is 19.7 Å². The monoisotopic (exact) mass is 521 g/mol. The third-order valence-corrected chi connectivity index (χ3v) is 7.61. The maximum atomic E-state index is 12.1. The Hall–Kier alpha value is -4.35. The largest absolute Gasteiger partial charge is 0.491 e. The van der Waals surface area contributed by atoms with Crippen molar-refractivity contribution in [3.05, 3.63) is 66.2 Å². The normalized spacial score (nSPS) is 18.8. The number of methoxy groups -OCH3 is 1. The molecule has 1 N–H and O–H groups in total. The molecule has 0 bridgehead atoms. The van der Waals surface area contributed by atoms with E-state index in [0.717, 1.165) is 52.3 Å². The first-order valence-electron chi connectivity index (χ1n) is 13.3. The van der Waals surface area contributed by atoms with Crippen molar-refractivity contribution in [1.82, 2.24) is 24.8 Å². The standard InChI is InChI=1S/C31H31N5O3/c1-4-8-28(37)35-17-15-23(16-18-35)33-31(2)20-39-25-19-22(11-12-24(25)31)29-30(21-9-6-5-7-10-21)36-26(32-29)13-14-27(34-36)38-3/h5-7,9-14,19,23,33H,15-18,20H2,1-3H3. The van der Waals surface area contributed by atoms with Crippen molar-refractivity contribution in [1.29, 1.82) is 0 Å². The van der Waals surface area contributed by atoms with Crippen molar-refractivity contribution < 1.29 is 14.3 Å². The molecule has 6 rings (SSSR count). The third kappa shape index (κ3) is 4.59. The zero-order chi connectivity index (χ0) is 27.0. The van der Waals surface area contributed by atoms with E-state index in [9.17, 15) is 4.79 Å². The minimum absolute atomic E-state index is 0.0836. The van der Waals surface area contributed by atoms with E-state index >= 15 is 0 Å². The van der Waals surface area contributed by atoms with Gasteiger partial charge in [-0.3, -0.25) is 4.79 Å². The fraction of sp³-hybridized carbons (Fsp3) is 0.323. The summed E-state index contributed by atoms with van der Waals surface area (Å²) in [5, 5.41) is 8.49. The molecule has 1 unspecified atom stereocenters. The van der Waals surface area contributed by atoms with Crippen LogP contribution in [-0.2, 0) is 10.3 Å². The van der Waals surface area contributed by atoms with Crippen LogP contribution in [0.3, 0.4) is 0 Å². The lowest BCUT2D eigenvalue weighted by Gasteiger charge is -2.36. The fourth-order valence-corrected chi connectivity index (χ4v) is 5.61. The van der Waals surface area contributed by atoms with Crippen LogP contribution >= 0.6 is 0 Å². The first-order valence-corrected chi connectivity index (χ1v) is 13.3. The van der Waals surface area contributed by atoms with Crippen molar-refractivity contribution in [3.8, 4) is 46.0 Å². The molecule has 2 aliphatic rings. The lowest BCUT2D eigenvalue weighted by atomic mass is 9.90. The Morgan fingerprint density at radius 3 is 2.64 bits per heavy atom. The van der Waals surface area contributed by atoms with Crippen LogP contribution in [0.2, 0.25) is 0 Å². The molecule has 0 aliphatic carbocycles. The number of nitrogens with zero attached hydrogens (tertiary/aromatic N) is 4. The summed E-state index contributed by atoms with van der Waals surface area (Å²) >= 11 is 0. The van der Waals surface area contributed by atoms with E-state index in [0.29, 0.717) is 31.6 Å². The number of fused-ring (bicyclic) bond motifs is 2. The Kier molecular flexibility index (Phi) is 6.45. The minimum atomic E-state index is -0.315. The number of carbonyl (C=O) groups is 1. The Morgan fingerprint density at radius 1 is 1.10 bits per heavy atom. The second-order valence-corrected chi connectivity index (χ2v) is 10.2. The summed E-state index contributed by atoms with van der Waals surface area (Å²) in [5.74, 6) is 6.65. The summed E-state index contributed by atoms with van der Waals surface area (Å²) in [6.07, 6.45) is 1.77. The van der Waals surface area contributed by atoms with E-state index in [1.165, 1.54) is 0 Å². The van der Waals surface area contributed by atoms with E-state index in [-0.39, 0.29) is 11.4 Å². The van der Waals surface area contributed by atoms with E-state index < -0.39 is 0 Å². The lowest BCUT2D eigenvalue weighted by Crippen LogP contribution is -2.52. The summed E-state index contributed by atoms with van der Waals surface area (Å²) in [7, 11) is 1.61. The molecule has 2 aliphatic heterocycles. The van der Waals surface area contributed by atoms with Crippen LogP contribution in [0, 0.1) is 11.8 Å². The number of nitrogens with one attached hydrogen (secondary N) is 1. The summed E-state index contributed by atoms with van der Waals surface area (Å²) in [6.45, 7) is 5.85. The molecular weight excluding hydrogens is 490 g/mol. The summed E-state index contributed by atoms with van der Waals surface area (Å²) in [4.78, 5) is 18.9. The van der Waals surface area contributed by atoms with Crippen LogP contribution in [0.1, 0.15) is 32.3 Å². The van der Waals surface area contributed by atoms with Crippen molar-refractivity contribution in [2.45, 2.75) is 38.3 Å². The van der Waals surface area contributed by atoms with E-state index in [1.807, 2.05) is 39.7 Å². The molecular formula is C31H31N5O3. The molecule has 4 heterocycles. The molecule has 2 aromatic heterocycles. The number of benzene rings is 2. The molecule has 8 nitrogen and oxygen atoms in total. The average Bonchev–Trinajstić information content (AvgIpc) is 3.51. The summed E-state index contributed by atoms with van der Waals surface area (Å²) < 4.78 is 13.5. The van der Waals surface area contributed by atoms with Crippen LogP contribution in [0.15, 0.2) is 60.7 Å². The maximum Gasteiger partial charge on any atom is 0.298 e. The topological polar surface area (TPSA) is 81.0 Å². The van der Waals surface area contributed by atoms with Crippen LogP contribution in [0.4, 0.5) is 0 Å². The Morgan fingerprint density at radius 2 is 1.90 bits per heavy atom. The van der Waals surface area contributed by atoms with Gasteiger partial charge in [-0.2, -0.15) is 0 Å². The van der Waals surface area contributed by atoms with Crippen LogP contribution in [0.25, 0.3) is 28.2 Å². The molecule has 1 saturated heterocycles. The van der Waals surface area contributed by atoms with Gasteiger partial charge in [0.2, 0.25) is 5.88 Å². The molecule has 0 spiro atoms. The number of ether oxygens (including phenoxy) is 2. The lowest BCUT2D eigenvalue weighted by molar-refractivity contribution is -0.126. The summed E-state index contributed by atoms with van der Waals surface area (Å²) in [6, 6.07) is 20.5. The molecule has 8 heteroatoms. The van der Waals surface area contributed by atoms with Crippen molar-refractivity contribution in [3.63, 3.8) is 0 Å². The van der Waals surface area contributed by atoms with Crippen molar-refractivity contribution in [2.75, 3.05) is 26.8 Å². The number of amides is 1. The summed E-state index contributed by atoms with van der Waals surface area (Å²) in [5.41, 5.74) is 5.27. The fourth-order valence-electron chi connectivity index (χ4n) is 5.61. The molecule has 1 atom stereocenters. The average molecular weight is 522 g/mol. The van der Waals surface area contributed by atoms with Gasteiger partial charge in [0.1, 0.15) is 18.1 Å². The van der Waals surface area contributed by atoms with E-state index in [4.69, 9.17) is 14.5 Å². The zero-order valence-electron chi connectivity index (χ0n) is 22.4. The Labute approximate surface area is 228 Å². The quantitative estimate of drug-likeness (QED) is 0.395. The van der Waals surface area contributed by atoms with Gasteiger partial charge in [0.25, 0.3) is 5.91 Å². The molecule has 198 valence electrons. The van der Waals surface area contributed by atoms with E-state index in [2.05, 4.69) is 59.5 Å². The SMILES string of the molecule is CC#CC(=O)N1CCC(NC2(C)COc3cc(-c4nc5ccc(OC)nn5c4-c4ccccc4)ccc32)CC1. The molecule has 0 saturated carbocycles. The number of carbonyl (C=O) groups excluding carboxylic acids is 1. The highest BCUT2D eigenvalue weighted by Gasteiger charge is 2.39. The number of imidazole rings is 1. The Balaban J connectivity index is 1.29. The van der Waals surface area contributed by atoms with Gasteiger partial charge in [0.05, 0.1) is 18.3 Å². The van der Waals surface area contributed by atoms with Gasteiger partial charge >= 0.3 is 0 Å². The van der Waals surface area contributed by atoms with Gasteiger partial charge in [0, 0.05) is 41.9 Å². The van der Waals surface area contributed by atoms with Crippen LogP contribution < -0.4 is 14.8 Å². The van der Waals surface area contributed by atoms with Crippen LogP contribution in [-0.4, -0.2) is 58.3 Å². The smallest absolute Gasteiger partial charge is 0.298 e. The van der Waals surface area contributed by atoms with Gasteiger partial charge in [-0.25, -0.2) is 9.50 Å². The first kappa shape index (κ1) is 25.0. The predicted molar refractivity (Wildman–Crippen MR) is 149 cm³/mol. The molecule has 0 radical (unpaired) electrons. The maximum absolute atomic E-state index is 12.1. The molecule has 39 heavy (non-hydrogen) atoms. The Bertz CT molecular complexity index is 1600. The second-order valence-electron chi connectivity index (χ2n) is 10.2. The first-order chi connectivity index (χ1) is 19.0. The minimum Gasteiger partial charge on any atom is -0.491 e. The number of aromatic nitrogens is 3. The second kappa shape index (κ2) is 10.1.